The molecule has 0 bridgehead atoms. The Bertz CT molecular complexity index is 632. The van der Waals surface area contributed by atoms with Crippen molar-refractivity contribution in [2.45, 2.75) is 13.0 Å². The molecule has 1 heterocycles. The minimum absolute atomic E-state index is 0.0561. The van der Waals surface area contributed by atoms with Gasteiger partial charge in [-0.25, -0.2) is 4.98 Å². The molecule has 2 rings (SSSR count). The number of ether oxygens (including phenoxy) is 2. The van der Waals surface area contributed by atoms with E-state index in [1.807, 2.05) is 37.3 Å². The molecule has 0 amide bonds. The van der Waals surface area contributed by atoms with E-state index in [1.54, 1.807) is 26.5 Å². The van der Waals surface area contributed by atoms with Crippen molar-refractivity contribution in [2.75, 3.05) is 19.5 Å². The van der Waals surface area contributed by atoms with Crippen LogP contribution in [-0.2, 0) is 0 Å². The molecule has 1 aromatic carbocycles. The number of anilines is 1. The minimum Gasteiger partial charge on any atom is -0.497 e. The summed E-state index contributed by atoms with van der Waals surface area (Å²) in [6.07, 6.45) is 1.68. The molecule has 0 fully saturated rings. The predicted molar refractivity (Wildman–Crippen MR) is 91.6 cm³/mol. The standard InChI is InChI=1S/C16H19N3O2S/c1-11(12-6-8-13(20-2)9-7-12)18-16(22)19-15-14(21-3)5-4-10-17-15/h4-11H,1-3H3,(H2,17,18,19,22). The number of hydrogen-bond donors (Lipinski definition) is 2. The van der Waals surface area contributed by atoms with E-state index in [1.165, 1.54) is 0 Å². The molecule has 0 aliphatic heterocycles. The predicted octanol–water partition coefficient (Wildman–Crippen LogP) is 3.15. The number of nitrogens with one attached hydrogen (secondary N) is 2. The molecule has 0 spiro atoms. The van der Waals surface area contributed by atoms with Gasteiger partial charge in [0.2, 0.25) is 0 Å². The first kappa shape index (κ1) is 16.0. The average Bonchev–Trinajstić information content (AvgIpc) is 2.55. The maximum Gasteiger partial charge on any atom is 0.174 e. The second kappa shape index (κ2) is 7.61. The molecule has 0 aliphatic rings. The van der Waals surface area contributed by atoms with Crippen molar-refractivity contribution < 1.29 is 9.47 Å². The molecular formula is C16H19N3O2S. The zero-order valence-corrected chi connectivity index (χ0v) is 13.6. The maximum absolute atomic E-state index is 5.33. The van der Waals surface area contributed by atoms with Crippen LogP contribution in [0.2, 0.25) is 0 Å². The first-order valence-corrected chi connectivity index (χ1v) is 7.25. The van der Waals surface area contributed by atoms with Gasteiger partial charge in [-0.2, -0.15) is 0 Å². The number of methoxy groups -OCH3 is 2. The van der Waals surface area contributed by atoms with Crippen molar-refractivity contribution in [1.82, 2.24) is 10.3 Å². The highest BCUT2D eigenvalue weighted by Crippen LogP contribution is 2.21. The van der Waals surface area contributed by atoms with Crippen LogP contribution in [0.15, 0.2) is 42.6 Å². The highest BCUT2D eigenvalue weighted by atomic mass is 32.1. The van der Waals surface area contributed by atoms with Crippen molar-refractivity contribution in [1.29, 1.82) is 0 Å². The molecule has 5 nitrogen and oxygen atoms in total. The van der Waals surface area contributed by atoms with Gasteiger partial charge < -0.3 is 20.1 Å². The lowest BCUT2D eigenvalue weighted by atomic mass is 10.1. The molecule has 0 radical (unpaired) electrons. The summed E-state index contributed by atoms with van der Waals surface area (Å²) in [5.74, 6) is 2.06. The topological polar surface area (TPSA) is 55.4 Å². The number of thiocarbonyl (C=S) groups is 1. The molecule has 0 saturated carbocycles. The van der Waals surface area contributed by atoms with E-state index in [-0.39, 0.29) is 6.04 Å². The Hall–Kier alpha value is -2.34. The molecule has 0 aliphatic carbocycles. The van der Waals surface area contributed by atoms with Gasteiger partial charge in [0, 0.05) is 6.20 Å². The Morgan fingerprint density at radius 2 is 1.86 bits per heavy atom. The van der Waals surface area contributed by atoms with Gasteiger partial charge in [0.1, 0.15) is 5.75 Å². The number of rotatable bonds is 5. The number of benzene rings is 1. The van der Waals surface area contributed by atoms with E-state index in [9.17, 15) is 0 Å². The first-order chi connectivity index (χ1) is 10.6. The zero-order valence-electron chi connectivity index (χ0n) is 12.8. The van der Waals surface area contributed by atoms with E-state index in [0.717, 1.165) is 11.3 Å². The van der Waals surface area contributed by atoms with Crippen LogP contribution in [0.4, 0.5) is 5.82 Å². The number of aromatic nitrogens is 1. The second-order valence-corrected chi connectivity index (χ2v) is 5.06. The molecule has 2 aromatic rings. The number of nitrogens with zero attached hydrogens (tertiary/aromatic N) is 1. The molecule has 0 saturated heterocycles. The Kier molecular flexibility index (Phi) is 5.55. The van der Waals surface area contributed by atoms with Gasteiger partial charge in [-0.15, -0.1) is 0 Å². The lowest BCUT2D eigenvalue weighted by molar-refractivity contribution is 0.414. The van der Waals surface area contributed by atoms with Gasteiger partial charge >= 0.3 is 0 Å². The normalized spacial score (nSPS) is 11.4. The Morgan fingerprint density at radius 3 is 2.50 bits per heavy atom. The van der Waals surface area contributed by atoms with E-state index in [4.69, 9.17) is 21.7 Å². The van der Waals surface area contributed by atoms with Crippen molar-refractivity contribution in [3.8, 4) is 11.5 Å². The van der Waals surface area contributed by atoms with Crippen molar-refractivity contribution in [2.24, 2.45) is 0 Å². The summed E-state index contributed by atoms with van der Waals surface area (Å²) < 4.78 is 10.4. The van der Waals surface area contributed by atoms with Crippen LogP contribution in [-0.4, -0.2) is 24.3 Å². The largest absolute Gasteiger partial charge is 0.497 e. The third-order valence-corrected chi connectivity index (χ3v) is 3.41. The highest BCUT2D eigenvalue weighted by molar-refractivity contribution is 7.80. The molecule has 6 heteroatoms. The van der Waals surface area contributed by atoms with Crippen LogP contribution in [0.5, 0.6) is 11.5 Å². The third kappa shape index (κ3) is 4.08. The molecule has 22 heavy (non-hydrogen) atoms. The van der Waals surface area contributed by atoms with E-state index in [0.29, 0.717) is 16.7 Å². The van der Waals surface area contributed by atoms with Gasteiger partial charge in [-0.05, 0) is 49.0 Å². The summed E-state index contributed by atoms with van der Waals surface area (Å²) >= 11 is 5.33. The fraction of sp³-hybridized carbons (Fsp3) is 0.250. The summed E-state index contributed by atoms with van der Waals surface area (Å²) in [6.45, 7) is 2.03. The average molecular weight is 317 g/mol. The molecule has 1 atom stereocenters. The Morgan fingerprint density at radius 1 is 1.14 bits per heavy atom. The SMILES string of the molecule is COc1ccc(C(C)NC(=S)Nc2ncccc2OC)cc1. The van der Waals surface area contributed by atoms with Crippen LogP contribution in [0.1, 0.15) is 18.5 Å². The summed E-state index contributed by atoms with van der Waals surface area (Å²) in [6, 6.07) is 11.5. The van der Waals surface area contributed by atoms with Crippen molar-refractivity contribution in [3.63, 3.8) is 0 Å². The summed E-state index contributed by atoms with van der Waals surface area (Å²) in [5.41, 5.74) is 1.11. The summed E-state index contributed by atoms with van der Waals surface area (Å²) in [4.78, 5) is 4.21. The van der Waals surface area contributed by atoms with Gasteiger partial charge in [-0.3, -0.25) is 0 Å². The molecule has 1 aromatic heterocycles. The lowest BCUT2D eigenvalue weighted by Crippen LogP contribution is -2.31. The fourth-order valence-electron chi connectivity index (χ4n) is 1.97. The monoisotopic (exact) mass is 317 g/mol. The van der Waals surface area contributed by atoms with Crippen LogP contribution in [0.25, 0.3) is 0 Å². The minimum atomic E-state index is 0.0561. The number of hydrogen-bond acceptors (Lipinski definition) is 4. The summed E-state index contributed by atoms with van der Waals surface area (Å²) in [7, 11) is 3.24. The quantitative estimate of drug-likeness (QED) is 0.826. The van der Waals surface area contributed by atoms with Gasteiger partial charge in [-0.1, -0.05) is 12.1 Å². The van der Waals surface area contributed by atoms with E-state index < -0.39 is 0 Å². The van der Waals surface area contributed by atoms with E-state index >= 15 is 0 Å². The third-order valence-electron chi connectivity index (χ3n) is 3.19. The molecule has 1 unspecified atom stereocenters. The smallest absolute Gasteiger partial charge is 0.174 e. The summed E-state index contributed by atoms with van der Waals surface area (Å²) in [5, 5.41) is 6.75. The van der Waals surface area contributed by atoms with Gasteiger partial charge in [0.05, 0.1) is 20.3 Å². The maximum atomic E-state index is 5.33. The van der Waals surface area contributed by atoms with E-state index in [2.05, 4.69) is 15.6 Å². The lowest BCUT2D eigenvalue weighted by Gasteiger charge is -2.18. The number of pyridine rings is 1. The fourth-order valence-corrected chi connectivity index (χ4v) is 2.24. The van der Waals surface area contributed by atoms with Crippen molar-refractivity contribution >= 4 is 23.1 Å². The van der Waals surface area contributed by atoms with Gasteiger partial charge in [0.25, 0.3) is 0 Å². The van der Waals surface area contributed by atoms with Crippen LogP contribution >= 0.6 is 12.2 Å². The zero-order chi connectivity index (χ0) is 15.9. The van der Waals surface area contributed by atoms with Crippen LogP contribution < -0.4 is 20.1 Å². The molecule has 2 N–H and O–H groups in total. The van der Waals surface area contributed by atoms with Gasteiger partial charge in [0.15, 0.2) is 16.7 Å². The Labute approximate surface area is 135 Å². The van der Waals surface area contributed by atoms with Crippen LogP contribution in [0, 0.1) is 0 Å². The first-order valence-electron chi connectivity index (χ1n) is 6.84. The van der Waals surface area contributed by atoms with Crippen molar-refractivity contribution in [3.05, 3.63) is 48.2 Å². The highest BCUT2D eigenvalue weighted by Gasteiger charge is 2.10. The van der Waals surface area contributed by atoms with Crippen LogP contribution in [0.3, 0.4) is 0 Å². The second-order valence-electron chi connectivity index (χ2n) is 4.65. The Balaban J connectivity index is 1.98. The molecular weight excluding hydrogens is 298 g/mol. The molecule has 116 valence electrons.